The number of halogens is 1. The fraction of sp³-hybridized carbons (Fsp3) is 0.368. The van der Waals surface area contributed by atoms with Crippen LogP contribution in [0.1, 0.15) is 46.3 Å². The number of rotatable bonds is 4. The van der Waals surface area contributed by atoms with E-state index >= 15 is 0 Å². The lowest BCUT2D eigenvalue weighted by molar-refractivity contribution is 0.0952. The van der Waals surface area contributed by atoms with Crippen LogP contribution in [0, 0.1) is 12.7 Å². The van der Waals surface area contributed by atoms with Crippen molar-refractivity contribution in [1.29, 1.82) is 0 Å². The second-order valence-electron chi connectivity index (χ2n) is 6.62. The second-order valence-corrected chi connectivity index (χ2v) is 7.62. The summed E-state index contributed by atoms with van der Waals surface area (Å²) in [4.78, 5) is 17.7. The first-order valence-corrected chi connectivity index (χ1v) is 9.86. The van der Waals surface area contributed by atoms with Crippen molar-refractivity contribution in [2.24, 2.45) is 0 Å². The van der Waals surface area contributed by atoms with Crippen LogP contribution in [0.5, 0.6) is 0 Å². The van der Waals surface area contributed by atoms with Gasteiger partial charge < -0.3 is 9.88 Å². The van der Waals surface area contributed by atoms with Gasteiger partial charge in [0.2, 0.25) is 0 Å². The van der Waals surface area contributed by atoms with E-state index in [9.17, 15) is 9.18 Å². The summed E-state index contributed by atoms with van der Waals surface area (Å²) in [7, 11) is 0. The first-order valence-electron chi connectivity index (χ1n) is 9.04. The van der Waals surface area contributed by atoms with Gasteiger partial charge in [-0.15, -0.1) is 21.5 Å². The number of carbonyl (C=O) groups is 1. The minimum Gasteiger partial charge on any atom is -0.344 e. The molecule has 1 aliphatic heterocycles. The van der Waals surface area contributed by atoms with Crippen molar-refractivity contribution in [3.05, 3.63) is 52.3 Å². The molecular formula is C19H20FN5OS. The molecule has 0 spiro atoms. The molecule has 0 bridgehead atoms. The average Bonchev–Trinajstić information content (AvgIpc) is 3.15. The Balaban J connectivity index is 1.48. The zero-order chi connectivity index (χ0) is 18.8. The molecule has 27 heavy (non-hydrogen) atoms. The molecule has 1 aliphatic rings. The quantitative estimate of drug-likeness (QED) is 0.746. The predicted octanol–water partition coefficient (Wildman–Crippen LogP) is 3.51. The third kappa shape index (κ3) is 3.75. The van der Waals surface area contributed by atoms with Gasteiger partial charge >= 0.3 is 0 Å². The summed E-state index contributed by atoms with van der Waals surface area (Å²) >= 11 is 1.31. The van der Waals surface area contributed by atoms with Gasteiger partial charge in [0.05, 0.1) is 12.2 Å². The van der Waals surface area contributed by atoms with E-state index in [0.717, 1.165) is 43.0 Å². The van der Waals surface area contributed by atoms with E-state index in [1.54, 1.807) is 12.1 Å². The maximum Gasteiger partial charge on any atom is 0.263 e. The number of aryl methyl sites for hydroxylation is 2. The van der Waals surface area contributed by atoms with Crippen molar-refractivity contribution in [1.82, 2.24) is 25.1 Å². The van der Waals surface area contributed by atoms with Crippen LogP contribution >= 0.6 is 11.3 Å². The largest absolute Gasteiger partial charge is 0.344 e. The highest BCUT2D eigenvalue weighted by Crippen LogP contribution is 2.28. The molecular weight excluding hydrogens is 365 g/mol. The third-order valence-electron chi connectivity index (χ3n) is 4.69. The Morgan fingerprint density at radius 3 is 2.85 bits per heavy atom. The summed E-state index contributed by atoms with van der Waals surface area (Å²) in [5, 5.41) is 12.1. The van der Waals surface area contributed by atoms with Crippen LogP contribution in [0.15, 0.2) is 24.3 Å². The van der Waals surface area contributed by atoms with Gasteiger partial charge in [-0.05, 0) is 44.0 Å². The molecule has 1 N–H and O–H groups in total. The Kier molecular flexibility index (Phi) is 4.98. The molecule has 3 heterocycles. The van der Waals surface area contributed by atoms with E-state index in [1.807, 2.05) is 6.92 Å². The molecule has 6 nitrogen and oxygen atoms in total. The first kappa shape index (κ1) is 17.8. The SMILES string of the molecule is Cc1nc(-c2ccc(F)cc2)sc1C(=O)NCc1nnc2n1CCCCC2. The molecule has 0 atom stereocenters. The number of nitrogens with one attached hydrogen (secondary N) is 1. The lowest BCUT2D eigenvalue weighted by Gasteiger charge is -2.07. The minimum atomic E-state index is -0.294. The zero-order valence-corrected chi connectivity index (χ0v) is 15.9. The number of benzene rings is 1. The molecule has 140 valence electrons. The summed E-state index contributed by atoms with van der Waals surface area (Å²) in [5.74, 6) is 1.33. The third-order valence-corrected chi connectivity index (χ3v) is 5.89. The van der Waals surface area contributed by atoms with Gasteiger partial charge in [-0.2, -0.15) is 0 Å². The van der Waals surface area contributed by atoms with E-state index in [0.29, 0.717) is 22.1 Å². The molecule has 8 heteroatoms. The van der Waals surface area contributed by atoms with Crippen LogP contribution in [0.25, 0.3) is 10.6 Å². The Morgan fingerprint density at radius 1 is 1.22 bits per heavy atom. The molecule has 0 aliphatic carbocycles. The van der Waals surface area contributed by atoms with Crippen LogP contribution in [0.3, 0.4) is 0 Å². The number of aromatic nitrogens is 4. The van der Waals surface area contributed by atoms with Gasteiger partial charge in [-0.3, -0.25) is 4.79 Å². The van der Waals surface area contributed by atoms with Crippen LogP contribution < -0.4 is 5.32 Å². The van der Waals surface area contributed by atoms with Crippen molar-refractivity contribution in [2.45, 2.75) is 45.7 Å². The minimum absolute atomic E-state index is 0.177. The van der Waals surface area contributed by atoms with Crippen molar-refractivity contribution < 1.29 is 9.18 Å². The maximum atomic E-state index is 13.1. The van der Waals surface area contributed by atoms with Crippen molar-refractivity contribution >= 4 is 17.2 Å². The number of hydrogen-bond donors (Lipinski definition) is 1. The average molecular weight is 385 g/mol. The van der Waals surface area contributed by atoms with E-state index in [2.05, 4.69) is 25.1 Å². The van der Waals surface area contributed by atoms with Gasteiger partial charge in [0.25, 0.3) is 5.91 Å². The van der Waals surface area contributed by atoms with Gasteiger partial charge in [-0.25, -0.2) is 9.37 Å². The highest BCUT2D eigenvalue weighted by atomic mass is 32.1. The number of amides is 1. The van der Waals surface area contributed by atoms with Gasteiger partial charge in [0, 0.05) is 18.5 Å². The van der Waals surface area contributed by atoms with Crippen molar-refractivity contribution in [3.63, 3.8) is 0 Å². The van der Waals surface area contributed by atoms with Gasteiger partial charge in [-0.1, -0.05) is 6.42 Å². The number of hydrogen-bond acceptors (Lipinski definition) is 5. The molecule has 3 aromatic rings. The molecule has 1 aromatic carbocycles. The highest BCUT2D eigenvalue weighted by molar-refractivity contribution is 7.17. The van der Waals surface area contributed by atoms with E-state index in [4.69, 9.17) is 0 Å². The molecule has 0 saturated heterocycles. The predicted molar refractivity (Wildman–Crippen MR) is 101 cm³/mol. The van der Waals surface area contributed by atoms with E-state index in [1.165, 1.54) is 29.9 Å². The Morgan fingerprint density at radius 2 is 2.04 bits per heavy atom. The second kappa shape index (κ2) is 7.56. The summed E-state index contributed by atoms with van der Waals surface area (Å²) in [6.45, 7) is 3.05. The van der Waals surface area contributed by atoms with Crippen molar-refractivity contribution in [2.75, 3.05) is 0 Å². The molecule has 0 fully saturated rings. The Hall–Kier alpha value is -2.61. The summed E-state index contributed by atoms with van der Waals surface area (Å²) in [6.07, 6.45) is 4.38. The number of carbonyl (C=O) groups excluding carboxylic acids is 1. The number of nitrogens with zero attached hydrogens (tertiary/aromatic N) is 4. The lowest BCUT2D eigenvalue weighted by Crippen LogP contribution is -2.24. The Labute approximate surface area is 160 Å². The van der Waals surface area contributed by atoms with Crippen LogP contribution in [0.4, 0.5) is 4.39 Å². The topological polar surface area (TPSA) is 72.7 Å². The monoisotopic (exact) mass is 385 g/mol. The normalized spacial score (nSPS) is 13.9. The zero-order valence-electron chi connectivity index (χ0n) is 15.0. The highest BCUT2D eigenvalue weighted by Gasteiger charge is 2.19. The van der Waals surface area contributed by atoms with Crippen LogP contribution in [0.2, 0.25) is 0 Å². The maximum absolute atomic E-state index is 13.1. The van der Waals surface area contributed by atoms with E-state index in [-0.39, 0.29) is 11.7 Å². The van der Waals surface area contributed by atoms with Crippen LogP contribution in [-0.4, -0.2) is 25.7 Å². The lowest BCUT2D eigenvalue weighted by atomic mass is 10.2. The fourth-order valence-corrected chi connectivity index (χ4v) is 4.23. The molecule has 0 saturated carbocycles. The standard InChI is InChI=1S/C19H20FN5OS/c1-12-17(27-19(22-12)13-6-8-14(20)9-7-13)18(26)21-11-16-24-23-15-5-3-2-4-10-25(15)16/h6-9H,2-5,10-11H2,1H3,(H,21,26). The molecule has 0 radical (unpaired) electrons. The molecule has 0 unspecified atom stereocenters. The summed E-state index contributed by atoms with van der Waals surface area (Å²) in [6, 6.07) is 6.12. The number of thiazole rings is 1. The van der Waals surface area contributed by atoms with E-state index < -0.39 is 0 Å². The molecule has 1 amide bonds. The summed E-state index contributed by atoms with van der Waals surface area (Å²) < 4.78 is 15.2. The van der Waals surface area contributed by atoms with Crippen LogP contribution in [-0.2, 0) is 19.5 Å². The smallest absolute Gasteiger partial charge is 0.263 e. The van der Waals surface area contributed by atoms with Gasteiger partial charge in [0.1, 0.15) is 21.5 Å². The van der Waals surface area contributed by atoms with Crippen molar-refractivity contribution in [3.8, 4) is 10.6 Å². The Bertz CT molecular complexity index is 963. The fourth-order valence-electron chi connectivity index (χ4n) is 3.24. The number of fused-ring (bicyclic) bond motifs is 1. The summed E-state index contributed by atoms with van der Waals surface area (Å²) in [5.41, 5.74) is 1.46. The molecule has 4 rings (SSSR count). The first-order chi connectivity index (χ1) is 13.1. The molecule has 2 aromatic heterocycles. The van der Waals surface area contributed by atoms with Gasteiger partial charge in [0.15, 0.2) is 5.82 Å².